The fourth-order valence-electron chi connectivity index (χ4n) is 0.951. The Balaban J connectivity index is 3.50. The number of hydrogen-bond donors (Lipinski definition) is 0. The van der Waals surface area contributed by atoms with Gasteiger partial charge < -0.3 is 0 Å². The second-order valence-electron chi connectivity index (χ2n) is 3.32. The molecule has 64 valence electrons. The largest absolute Gasteiger partial charge is 0.0961 e. The van der Waals surface area contributed by atoms with Crippen LogP contribution < -0.4 is 0 Å². The zero-order valence-corrected chi connectivity index (χ0v) is 8.06. The molecule has 0 spiro atoms. The highest BCUT2D eigenvalue weighted by Gasteiger charge is 1.94. The Morgan fingerprint density at radius 2 is 2.18 bits per heavy atom. The third-order valence-corrected chi connectivity index (χ3v) is 1.72. The first kappa shape index (κ1) is 10.5. The Kier molecular flexibility index (Phi) is 5.91. The molecule has 0 amide bonds. The maximum Gasteiger partial charge on any atom is -0.0259 e. The van der Waals surface area contributed by atoms with Crippen LogP contribution in [0.1, 0.15) is 40.0 Å². The lowest BCUT2D eigenvalue weighted by molar-refractivity contribution is 0.598. The molecule has 0 nitrogen and oxygen atoms in total. The molecule has 1 unspecified atom stereocenters. The van der Waals surface area contributed by atoms with Gasteiger partial charge in [-0.05, 0) is 19.3 Å². The lowest BCUT2D eigenvalue weighted by Gasteiger charge is -2.03. The summed E-state index contributed by atoms with van der Waals surface area (Å²) in [7, 11) is 0. The van der Waals surface area contributed by atoms with E-state index >= 15 is 0 Å². The second kappa shape index (κ2) is 6.21. The van der Waals surface area contributed by atoms with Crippen LogP contribution in [-0.2, 0) is 0 Å². The van der Waals surface area contributed by atoms with E-state index in [0.717, 1.165) is 5.57 Å². The predicted octanol–water partition coefficient (Wildman–Crippen LogP) is 3.95. The molecule has 11 heavy (non-hydrogen) atoms. The monoisotopic (exact) mass is 152 g/mol. The van der Waals surface area contributed by atoms with E-state index in [-0.39, 0.29) is 0 Å². The zero-order chi connectivity index (χ0) is 8.69. The van der Waals surface area contributed by atoms with Gasteiger partial charge in [0.25, 0.3) is 0 Å². The molecule has 0 rings (SSSR count). The first-order valence-electron chi connectivity index (χ1n) is 4.50. The van der Waals surface area contributed by atoms with Crippen LogP contribution in [0.25, 0.3) is 0 Å². The molecule has 0 aliphatic heterocycles. The molecule has 0 aromatic rings. The van der Waals surface area contributed by atoms with E-state index in [9.17, 15) is 0 Å². The maximum atomic E-state index is 3.82. The topological polar surface area (TPSA) is 0 Å². The Morgan fingerprint density at radius 1 is 1.55 bits per heavy atom. The minimum absolute atomic E-state index is 0.714. The minimum atomic E-state index is 0.714. The van der Waals surface area contributed by atoms with Gasteiger partial charge in [0.05, 0.1) is 0 Å². The average molecular weight is 152 g/mol. The quantitative estimate of drug-likeness (QED) is 0.523. The Hall–Kier alpha value is -0.520. The van der Waals surface area contributed by atoms with E-state index in [0.29, 0.717) is 5.92 Å². The Labute approximate surface area is 71.0 Å². The van der Waals surface area contributed by atoms with Crippen LogP contribution in [0, 0.1) is 5.92 Å². The van der Waals surface area contributed by atoms with E-state index in [1.165, 1.54) is 19.3 Å². The summed E-state index contributed by atoms with van der Waals surface area (Å²) in [5, 5.41) is 0. The highest BCUT2D eigenvalue weighted by molar-refractivity contribution is 5.11. The average Bonchev–Trinajstić information content (AvgIpc) is 1.97. The van der Waals surface area contributed by atoms with Crippen molar-refractivity contribution in [1.29, 1.82) is 0 Å². The normalized spacial score (nSPS) is 13.7. The Bertz CT molecular complexity index is 131. The predicted molar refractivity (Wildman–Crippen MR) is 52.6 cm³/mol. The summed E-state index contributed by atoms with van der Waals surface area (Å²) in [6.07, 6.45) is 8.30. The van der Waals surface area contributed by atoms with Crippen molar-refractivity contribution in [3.05, 3.63) is 24.3 Å². The minimum Gasteiger partial charge on any atom is -0.0961 e. The van der Waals surface area contributed by atoms with Crippen molar-refractivity contribution >= 4 is 0 Å². The van der Waals surface area contributed by atoms with E-state index in [4.69, 9.17) is 0 Å². The highest BCUT2D eigenvalue weighted by Crippen LogP contribution is 2.09. The first-order chi connectivity index (χ1) is 5.16. The van der Waals surface area contributed by atoms with Crippen LogP contribution in [0.3, 0.4) is 0 Å². The van der Waals surface area contributed by atoms with Gasteiger partial charge in [0.2, 0.25) is 0 Å². The summed E-state index contributed by atoms with van der Waals surface area (Å²) < 4.78 is 0. The summed E-state index contributed by atoms with van der Waals surface area (Å²) in [5.74, 6) is 0.714. The first-order valence-corrected chi connectivity index (χ1v) is 4.50. The molecule has 0 radical (unpaired) electrons. The molecule has 0 N–H and O–H groups in total. The Morgan fingerprint density at radius 3 is 2.64 bits per heavy atom. The number of hydrogen-bond acceptors (Lipinski definition) is 0. The van der Waals surface area contributed by atoms with E-state index in [1.54, 1.807) is 0 Å². The van der Waals surface area contributed by atoms with Crippen LogP contribution in [-0.4, -0.2) is 0 Å². The van der Waals surface area contributed by atoms with Crippen molar-refractivity contribution in [3.63, 3.8) is 0 Å². The van der Waals surface area contributed by atoms with Crippen LogP contribution in [0.15, 0.2) is 24.3 Å². The molecule has 0 aromatic carbocycles. The summed E-state index contributed by atoms with van der Waals surface area (Å²) in [5.41, 5.74) is 1.15. The van der Waals surface area contributed by atoms with E-state index in [2.05, 4.69) is 32.6 Å². The van der Waals surface area contributed by atoms with Crippen LogP contribution >= 0.6 is 0 Å². The molecular formula is C11H20. The smallest absolute Gasteiger partial charge is 0.0259 e. The molecule has 0 fully saturated rings. The van der Waals surface area contributed by atoms with Crippen molar-refractivity contribution in [2.75, 3.05) is 0 Å². The SMILES string of the molecule is C=C(C)/C=C/C(C)CCCC. The summed E-state index contributed by atoms with van der Waals surface area (Å²) in [4.78, 5) is 0. The van der Waals surface area contributed by atoms with E-state index in [1.807, 2.05) is 6.92 Å². The van der Waals surface area contributed by atoms with Crippen LogP contribution in [0.2, 0.25) is 0 Å². The molecule has 0 aliphatic rings. The second-order valence-corrected chi connectivity index (χ2v) is 3.32. The van der Waals surface area contributed by atoms with Gasteiger partial charge in [0, 0.05) is 0 Å². The molecule has 0 heteroatoms. The summed E-state index contributed by atoms with van der Waals surface area (Å²) in [6.45, 7) is 10.3. The zero-order valence-electron chi connectivity index (χ0n) is 8.06. The summed E-state index contributed by atoms with van der Waals surface area (Å²) >= 11 is 0. The van der Waals surface area contributed by atoms with Gasteiger partial charge in [-0.2, -0.15) is 0 Å². The third-order valence-electron chi connectivity index (χ3n) is 1.72. The van der Waals surface area contributed by atoms with Crippen LogP contribution in [0.4, 0.5) is 0 Å². The van der Waals surface area contributed by atoms with Gasteiger partial charge >= 0.3 is 0 Å². The van der Waals surface area contributed by atoms with E-state index < -0.39 is 0 Å². The standard InChI is InChI=1S/C11H20/c1-5-6-7-11(4)9-8-10(2)3/h8-9,11H,2,5-7H2,1,3-4H3/b9-8+. The van der Waals surface area contributed by atoms with Gasteiger partial charge in [0.1, 0.15) is 0 Å². The van der Waals surface area contributed by atoms with Crippen molar-refractivity contribution < 1.29 is 0 Å². The van der Waals surface area contributed by atoms with Gasteiger partial charge in [-0.15, -0.1) is 0 Å². The number of unbranched alkanes of at least 4 members (excludes halogenated alkanes) is 1. The molecule has 0 bridgehead atoms. The van der Waals surface area contributed by atoms with Gasteiger partial charge in [0.15, 0.2) is 0 Å². The fourth-order valence-corrected chi connectivity index (χ4v) is 0.951. The lowest BCUT2D eigenvalue weighted by Crippen LogP contribution is -1.88. The van der Waals surface area contributed by atoms with Crippen molar-refractivity contribution in [1.82, 2.24) is 0 Å². The number of allylic oxidation sites excluding steroid dienone is 3. The van der Waals surface area contributed by atoms with Crippen molar-refractivity contribution in [2.24, 2.45) is 5.92 Å². The third kappa shape index (κ3) is 7.38. The molecule has 1 atom stereocenters. The maximum absolute atomic E-state index is 3.82. The van der Waals surface area contributed by atoms with Gasteiger partial charge in [-0.1, -0.05) is 51.0 Å². The van der Waals surface area contributed by atoms with Crippen molar-refractivity contribution in [2.45, 2.75) is 40.0 Å². The lowest BCUT2D eigenvalue weighted by atomic mass is 10.0. The molecule has 0 heterocycles. The summed E-state index contributed by atoms with van der Waals surface area (Å²) in [6, 6.07) is 0. The molecule has 0 saturated heterocycles. The highest BCUT2D eigenvalue weighted by atomic mass is 14.0. The molecule has 0 aromatic heterocycles. The fraction of sp³-hybridized carbons (Fsp3) is 0.636. The van der Waals surface area contributed by atoms with Gasteiger partial charge in [-0.25, -0.2) is 0 Å². The van der Waals surface area contributed by atoms with Crippen molar-refractivity contribution in [3.8, 4) is 0 Å². The number of rotatable bonds is 5. The molecule has 0 saturated carbocycles. The molecule has 0 aliphatic carbocycles. The molecular weight excluding hydrogens is 132 g/mol. The van der Waals surface area contributed by atoms with Gasteiger partial charge in [-0.3, -0.25) is 0 Å². The van der Waals surface area contributed by atoms with Crippen LogP contribution in [0.5, 0.6) is 0 Å².